The van der Waals surface area contributed by atoms with Crippen molar-refractivity contribution in [1.82, 2.24) is 4.72 Å². The number of anilines is 1. The molecule has 112 valence electrons. The third-order valence-corrected chi connectivity index (χ3v) is 5.65. The van der Waals surface area contributed by atoms with Gasteiger partial charge in [-0.05, 0) is 42.9 Å². The maximum absolute atomic E-state index is 12.4. The Bertz CT molecular complexity index is 599. The van der Waals surface area contributed by atoms with Gasteiger partial charge in [0.25, 0.3) is 0 Å². The normalized spacial score (nSPS) is 22.6. The zero-order valence-corrected chi connectivity index (χ0v) is 13.4. The summed E-state index contributed by atoms with van der Waals surface area (Å²) in [5, 5.41) is 0.261. The molecule has 3 N–H and O–H groups in total. The lowest BCUT2D eigenvalue weighted by Gasteiger charge is -2.35. The highest BCUT2D eigenvalue weighted by atomic mass is 35.5. The smallest absolute Gasteiger partial charge is 0.240 e. The van der Waals surface area contributed by atoms with Crippen molar-refractivity contribution >= 4 is 27.3 Å². The zero-order chi connectivity index (χ0) is 15.0. The summed E-state index contributed by atoms with van der Waals surface area (Å²) in [5.74, 6) is 0. The van der Waals surface area contributed by atoms with E-state index in [-0.39, 0.29) is 21.4 Å². The molecule has 1 fully saturated rings. The fourth-order valence-electron chi connectivity index (χ4n) is 2.76. The number of nitrogens with one attached hydrogen (secondary N) is 1. The lowest BCUT2D eigenvalue weighted by molar-refractivity contribution is 0.212. The van der Waals surface area contributed by atoms with E-state index >= 15 is 0 Å². The van der Waals surface area contributed by atoms with Crippen LogP contribution in [0, 0.1) is 5.41 Å². The summed E-state index contributed by atoms with van der Waals surface area (Å²) in [7, 11) is -3.54. The van der Waals surface area contributed by atoms with Crippen LogP contribution >= 0.6 is 11.6 Å². The molecule has 0 saturated heterocycles. The van der Waals surface area contributed by atoms with E-state index in [4.69, 9.17) is 17.3 Å². The summed E-state index contributed by atoms with van der Waals surface area (Å²) >= 11 is 5.89. The van der Waals surface area contributed by atoms with Crippen molar-refractivity contribution in [1.29, 1.82) is 0 Å². The molecule has 0 bridgehead atoms. The van der Waals surface area contributed by atoms with Gasteiger partial charge in [0, 0.05) is 6.04 Å². The van der Waals surface area contributed by atoms with Gasteiger partial charge in [-0.3, -0.25) is 0 Å². The number of nitrogens with two attached hydrogens (primary N) is 1. The Morgan fingerprint density at radius 1 is 1.40 bits per heavy atom. The molecule has 0 spiro atoms. The molecule has 1 aromatic carbocycles. The van der Waals surface area contributed by atoms with Crippen LogP contribution in [0.4, 0.5) is 5.69 Å². The molecule has 4 nitrogen and oxygen atoms in total. The first-order valence-electron chi connectivity index (χ1n) is 6.77. The SMILES string of the molecule is CC1(C)CCCC(NS(=O)(=O)c2ccc(N)c(Cl)c2)C1. The van der Waals surface area contributed by atoms with Gasteiger partial charge in [-0.1, -0.05) is 31.9 Å². The van der Waals surface area contributed by atoms with Gasteiger partial charge in [0.2, 0.25) is 10.0 Å². The summed E-state index contributed by atoms with van der Waals surface area (Å²) in [5.41, 5.74) is 6.17. The largest absolute Gasteiger partial charge is 0.398 e. The molecule has 1 unspecified atom stereocenters. The summed E-state index contributed by atoms with van der Waals surface area (Å²) in [6, 6.07) is 4.38. The van der Waals surface area contributed by atoms with E-state index in [1.54, 1.807) is 0 Å². The molecule has 6 heteroatoms. The van der Waals surface area contributed by atoms with Crippen molar-refractivity contribution in [3.05, 3.63) is 23.2 Å². The second kappa shape index (κ2) is 5.54. The van der Waals surface area contributed by atoms with Crippen LogP contribution in [0.5, 0.6) is 0 Å². The molecule has 1 atom stereocenters. The Morgan fingerprint density at radius 3 is 2.70 bits per heavy atom. The molecular weight excluding hydrogens is 296 g/mol. The van der Waals surface area contributed by atoms with Crippen LogP contribution in [0.1, 0.15) is 39.5 Å². The zero-order valence-electron chi connectivity index (χ0n) is 11.8. The third-order valence-electron chi connectivity index (χ3n) is 3.81. The summed E-state index contributed by atoms with van der Waals surface area (Å²) in [4.78, 5) is 0.167. The minimum absolute atomic E-state index is 0.0138. The van der Waals surface area contributed by atoms with Crippen molar-refractivity contribution in [2.45, 2.75) is 50.5 Å². The van der Waals surface area contributed by atoms with Crippen molar-refractivity contribution in [3.63, 3.8) is 0 Å². The average molecular weight is 317 g/mol. The number of hydrogen-bond acceptors (Lipinski definition) is 3. The molecule has 1 aliphatic carbocycles. The monoisotopic (exact) mass is 316 g/mol. The van der Waals surface area contributed by atoms with E-state index in [2.05, 4.69) is 18.6 Å². The van der Waals surface area contributed by atoms with Crippen LogP contribution < -0.4 is 10.5 Å². The second-order valence-electron chi connectivity index (χ2n) is 6.26. The number of sulfonamides is 1. The number of hydrogen-bond donors (Lipinski definition) is 2. The van der Waals surface area contributed by atoms with Crippen molar-refractivity contribution in [2.75, 3.05) is 5.73 Å². The molecule has 0 aromatic heterocycles. The van der Waals surface area contributed by atoms with E-state index in [0.717, 1.165) is 25.7 Å². The molecule has 0 heterocycles. The molecule has 0 amide bonds. The summed E-state index contributed by atoms with van der Waals surface area (Å²) in [6.45, 7) is 4.35. The van der Waals surface area contributed by atoms with Gasteiger partial charge in [-0.2, -0.15) is 0 Å². The van der Waals surface area contributed by atoms with Crippen LogP contribution in [0.25, 0.3) is 0 Å². The molecule has 0 radical (unpaired) electrons. The fourth-order valence-corrected chi connectivity index (χ4v) is 4.30. The van der Waals surface area contributed by atoms with Crippen molar-refractivity contribution in [2.24, 2.45) is 5.41 Å². The Labute approximate surface area is 125 Å². The van der Waals surface area contributed by atoms with Gasteiger partial charge in [0.05, 0.1) is 15.6 Å². The van der Waals surface area contributed by atoms with Gasteiger partial charge in [-0.15, -0.1) is 0 Å². The van der Waals surface area contributed by atoms with Crippen LogP contribution in [0.15, 0.2) is 23.1 Å². The summed E-state index contributed by atoms with van der Waals surface area (Å²) in [6.07, 6.45) is 3.92. The van der Waals surface area contributed by atoms with Gasteiger partial charge in [0.15, 0.2) is 0 Å². The van der Waals surface area contributed by atoms with Crippen molar-refractivity contribution in [3.8, 4) is 0 Å². The average Bonchev–Trinajstić information content (AvgIpc) is 2.30. The first-order chi connectivity index (χ1) is 9.20. The molecule has 20 heavy (non-hydrogen) atoms. The lowest BCUT2D eigenvalue weighted by atomic mass is 9.75. The Balaban J connectivity index is 2.16. The van der Waals surface area contributed by atoms with E-state index in [0.29, 0.717) is 5.69 Å². The second-order valence-corrected chi connectivity index (χ2v) is 8.38. The summed E-state index contributed by atoms with van der Waals surface area (Å²) < 4.78 is 27.5. The first kappa shape index (κ1) is 15.6. The first-order valence-corrected chi connectivity index (χ1v) is 8.63. The third kappa shape index (κ3) is 3.65. The van der Waals surface area contributed by atoms with Crippen LogP contribution in [0.3, 0.4) is 0 Å². The topological polar surface area (TPSA) is 72.2 Å². The van der Waals surface area contributed by atoms with Gasteiger partial charge in [-0.25, -0.2) is 13.1 Å². The van der Waals surface area contributed by atoms with Gasteiger partial charge >= 0.3 is 0 Å². The maximum atomic E-state index is 12.4. The Hall–Kier alpha value is -0.780. The predicted octanol–water partition coefficient (Wildman–Crippen LogP) is 3.17. The maximum Gasteiger partial charge on any atom is 0.240 e. The number of halogens is 1. The molecule has 1 saturated carbocycles. The van der Waals surface area contributed by atoms with E-state index in [1.165, 1.54) is 18.2 Å². The lowest BCUT2D eigenvalue weighted by Crippen LogP contribution is -2.40. The minimum atomic E-state index is -3.54. The fraction of sp³-hybridized carbons (Fsp3) is 0.571. The highest BCUT2D eigenvalue weighted by Gasteiger charge is 2.30. The molecule has 1 aliphatic rings. The highest BCUT2D eigenvalue weighted by Crippen LogP contribution is 2.35. The van der Waals surface area contributed by atoms with Crippen molar-refractivity contribution < 1.29 is 8.42 Å². The number of rotatable bonds is 3. The van der Waals surface area contributed by atoms with Crippen LogP contribution in [-0.2, 0) is 10.0 Å². The van der Waals surface area contributed by atoms with Crippen LogP contribution in [-0.4, -0.2) is 14.5 Å². The highest BCUT2D eigenvalue weighted by molar-refractivity contribution is 7.89. The Kier molecular flexibility index (Phi) is 4.33. The van der Waals surface area contributed by atoms with Gasteiger partial charge in [0.1, 0.15) is 0 Å². The minimum Gasteiger partial charge on any atom is -0.398 e. The van der Waals surface area contributed by atoms with Crippen LogP contribution in [0.2, 0.25) is 5.02 Å². The van der Waals surface area contributed by atoms with E-state index < -0.39 is 10.0 Å². The molecule has 2 rings (SSSR count). The Morgan fingerprint density at radius 2 is 2.10 bits per heavy atom. The van der Waals surface area contributed by atoms with E-state index in [9.17, 15) is 8.42 Å². The standard InChI is InChI=1S/C14H21ClN2O2S/c1-14(2)7-3-4-10(9-14)17-20(18,19)11-5-6-13(16)12(15)8-11/h5-6,8,10,17H,3-4,7,9,16H2,1-2H3. The predicted molar refractivity (Wildman–Crippen MR) is 82.2 cm³/mol. The number of nitrogen functional groups attached to an aromatic ring is 1. The molecule has 0 aliphatic heterocycles. The quantitative estimate of drug-likeness (QED) is 0.841. The van der Waals surface area contributed by atoms with Gasteiger partial charge < -0.3 is 5.73 Å². The molecule has 1 aromatic rings. The molecular formula is C14H21ClN2O2S. The number of benzene rings is 1. The van der Waals surface area contributed by atoms with E-state index in [1.807, 2.05) is 0 Å².